The molecule has 0 N–H and O–H groups in total. The molecule has 1 fully saturated rings. The fraction of sp³-hybridized carbons (Fsp3) is 0.417. The topological polar surface area (TPSA) is 118 Å². The number of sulfone groups is 1. The molecule has 2 heterocycles. The third-order valence-electron chi connectivity index (χ3n) is 6.61. The normalized spacial score (nSPS) is 20.3. The molecule has 13 heteroatoms. The summed E-state index contributed by atoms with van der Waals surface area (Å²) in [6.07, 6.45) is 0. The van der Waals surface area contributed by atoms with Crippen LogP contribution in [0.3, 0.4) is 0 Å². The summed E-state index contributed by atoms with van der Waals surface area (Å²) in [5.41, 5.74) is 0.282. The summed E-state index contributed by atoms with van der Waals surface area (Å²) in [6.45, 7) is 4.48. The minimum absolute atomic E-state index is 0.0962. The maximum atomic E-state index is 13.2. The average Bonchev–Trinajstić information content (AvgIpc) is 3.02. The number of piperazine rings is 1. The maximum Gasteiger partial charge on any atom is 0.341 e. The van der Waals surface area contributed by atoms with Crippen LogP contribution in [0.4, 0.5) is 0 Å². The van der Waals surface area contributed by atoms with E-state index in [1.54, 1.807) is 12.1 Å². The Morgan fingerprint density at radius 3 is 2.38 bits per heavy atom. The number of nitrogens with zero attached hydrogens (tertiary/aromatic N) is 2. The first-order valence-corrected chi connectivity index (χ1v) is 15.3. The molecule has 2 aliphatic rings. The highest BCUT2D eigenvalue weighted by atomic mass is 35.5. The van der Waals surface area contributed by atoms with Crippen LogP contribution in [0.15, 0.2) is 40.1 Å². The lowest BCUT2D eigenvalue weighted by atomic mass is 9.94. The molecule has 2 aromatic carbocycles. The van der Waals surface area contributed by atoms with Crippen molar-refractivity contribution in [2.24, 2.45) is 0 Å². The molecule has 37 heavy (non-hydrogen) atoms. The van der Waals surface area contributed by atoms with Gasteiger partial charge in [-0.2, -0.15) is 4.31 Å². The van der Waals surface area contributed by atoms with E-state index in [-0.39, 0.29) is 39.4 Å². The number of esters is 1. The largest absolute Gasteiger partial charge is 0.460 e. The lowest BCUT2D eigenvalue weighted by molar-refractivity contribution is 0.0501. The first-order valence-electron chi connectivity index (χ1n) is 11.5. The Labute approximate surface area is 226 Å². The van der Waals surface area contributed by atoms with Crippen molar-refractivity contribution in [2.75, 3.05) is 39.8 Å². The van der Waals surface area contributed by atoms with Gasteiger partial charge < -0.3 is 9.64 Å². The molecular weight excluding hydrogens is 563 g/mol. The summed E-state index contributed by atoms with van der Waals surface area (Å²) in [7, 11) is -6.26. The molecule has 2 aromatic rings. The second-order valence-electron chi connectivity index (χ2n) is 9.31. The predicted octanol–water partition coefficient (Wildman–Crippen LogP) is 3.25. The van der Waals surface area contributed by atoms with Crippen molar-refractivity contribution in [3.63, 3.8) is 0 Å². The number of hydrogen-bond acceptors (Lipinski definition) is 8. The molecule has 1 unspecified atom stereocenters. The fourth-order valence-electron chi connectivity index (χ4n) is 4.46. The molecule has 1 atom stereocenters. The van der Waals surface area contributed by atoms with Crippen LogP contribution in [-0.4, -0.2) is 82.9 Å². The zero-order valence-corrected chi connectivity index (χ0v) is 23.5. The van der Waals surface area contributed by atoms with Crippen molar-refractivity contribution in [2.45, 2.75) is 34.8 Å². The van der Waals surface area contributed by atoms with E-state index in [0.717, 1.165) is 0 Å². The average molecular weight is 590 g/mol. The van der Waals surface area contributed by atoms with Gasteiger partial charge in [0.2, 0.25) is 10.0 Å². The highest BCUT2D eigenvalue weighted by molar-refractivity contribution is 7.93. The number of ketones is 1. The SMILES string of the molecule is CC(C)c1cccc2c1C(=O)C(COC(=O)c1c(Cl)ccc(S(=O)(=O)N3CCN(C)CC3)c1Cl)S2(=O)=O. The van der Waals surface area contributed by atoms with Crippen LogP contribution >= 0.6 is 23.2 Å². The smallest absolute Gasteiger partial charge is 0.341 e. The van der Waals surface area contributed by atoms with E-state index in [9.17, 15) is 26.4 Å². The molecule has 0 aromatic heterocycles. The summed E-state index contributed by atoms with van der Waals surface area (Å²) in [5, 5.41) is -2.22. The van der Waals surface area contributed by atoms with Gasteiger partial charge in [-0.1, -0.05) is 49.2 Å². The van der Waals surface area contributed by atoms with Gasteiger partial charge in [0.05, 0.1) is 20.5 Å². The molecule has 0 amide bonds. The van der Waals surface area contributed by atoms with Gasteiger partial charge in [0, 0.05) is 31.7 Å². The lowest BCUT2D eigenvalue weighted by Gasteiger charge is -2.31. The van der Waals surface area contributed by atoms with E-state index in [2.05, 4.69) is 0 Å². The van der Waals surface area contributed by atoms with E-state index in [0.29, 0.717) is 18.7 Å². The standard InChI is InChI=1S/C24H26Cl2N2O7S2/c1-14(2)15-5-4-6-17-20(15)23(29)19(36(17,31)32)13-35-24(30)21-16(25)7-8-18(22(21)26)37(33,34)28-11-9-27(3)10-12-28/h4-8,14,19H,9-13H2,1-3H3. The Hall–Kier alpha value is -2.02. The number of carbonyl (C=O) groups is 2. The molecule has 0 spiro atoms. The van der Waals surface area contributed by atoms with Gasteiger partial charge >= 0.3 is 5.97 Å². The van der Waals surface area contributed by atoms with Gasteiger partial charge in [-0.3, -0.25) is 4.79 Å². The molecular formula is C24H26Cl2N2O7S2. The van der Waals surface area contributed by atoms with Crippen molar-refractivity contribution in [3.8, 4) is 0 Å². The Morgan fingerprint density at radius 2 is 1.76 bits per heavy atom. The summed E-state index contributed by atoms with van der Waals surface area (Å²) in [6, 6.07) is 7.05. The molecule has 9 nitrogen and oxygen atoms in total. The van der Waals surface area contributed by atoms with E-state index in [1.807, 2.05) is 25.8 Å². The van der Waals surface area contributed by atoms with E-state index >= 15 is 0 Å². The van der Waals surface area contributed by atoms with Crippen LogP contribution in [0.2, 0.25) is 10.0 Å². The number of rotatable bonds is 6. The number of carbonyl (C=O) groups excluding carboxylic acids is 2. The van der Waals surface area contributed by atoms with Crippen LogP contribution in [0, 0.1) is 0 Å². The Kier molecular flexibility index (Phi) is 7.77. The highest BCUT2D eigenvalue weighted by Gasteiger charge is 2.46. The van der Waals surface area contributed by atoms with Crippen molar-refractivity contribution < 1.29 is 31.2 Å². The summed E-state index contributed by atoms with van der Waals surface area (Å²) in [4.78, 5) is 27.7. The molecule has 4 rings (SSSR count). The van der Waals surface area contributed by atoms with Crippen LogP contribution < -0.4 is 0 Å². The quantitative estimate of drug-likeness (QED) is 0.472. The third-order valence-corrected chi connectivity index (χ3v) is 11.4. The van der Waals surface area contributed by atoms with E-state index in [4.69, 9.17) is 27.9 Å². The molecule has 0 bridgehead atoms. The number of hydrogen-bond donors (Lipinski definition) is 0. The number of Topliss-reactive ketones (excluding diaryl/α,β-unsaturated/α-hetero) is 1. The first kappa shape index (κ1) is 28.0. The lowest BCUT2D eigenvalue weighted by Crippen LogP contribution is -2.47. The maximum absolute atomic E-state index is 13.2. The second-order valence-corrected chi connectivity index (χ2v) is 14.1. The Morgan fingerprint density at radius 1 is 1.11 bits per heavy atom. The molecule has 0 aliphatic carbocycles. The number of ether oxygens (including phenoxy) is 1. The monoisotopic (exact) mass is 588 g/mol. The minimum Gasteiger partial charge on any atom is -0.460 e. The zero-order chi connectivity index (χ0) is 27.3. The van der Waals surface area contributed by atoms with Crippen molar-refractivity contribution in [1.82, 2.24) is 9.21 Å². The van der Waals surface area contributed by atoms with Gasteiger partial charge in [0.1, 0.15) is 11.5 Å². The van der Waals surface area contributed by atoms with Crippen LogP contribution in [0.1, 0.15) is 46.0 Å². The predicted molar refractivity (Wildman–Crippen MR) is 139 cm³/mol. The number of sulfonamides is 1. The zero-order valence-electron chi connectivity index (χ0n) is 20.4. The Balaban J connectivity index is 1.60. The van der Waals surface area contributed by atoms with Crippen molar-refractivity contribution in [1.29, 1.82) is 0 Å². The summed E-state index contributed by atoms with van der Waals surface area (Å²) >= 11 is 12.5. The van der Waals surface area contributed by atoms with Gasteiger partial charge in [-0.05, 0) is 36.7 Å². The van der Waals surface area contributed by atoms with Crippen LogP contribution in [-0.2, 0) is 24.6 Å². The fourth-order valence-corrected chi connectivity index (χ4v) is 8.49. The number of benzene rings is 2. The first-order chi connectivity index (χ1) is 17.3. The van der Waals surface area contributed by atoms with Crippen molar-refractivity contribution >= 4 is 54.8 Å². The van der Waals surface area contributed by atoms with Gasteiger partial charge in [-0.15, -0.1) is 0 Å². The minimum atomic E-state index is -4.10. The summed E-state index contributed by atoms with van der Waals surface area (Å²) in [5.74, 6) is -1.89. The molecule has 2 aliphatic heterocycles. The Bertz CT molecular complexity index is 1480. The van der Waals surface area contributed by atoms with Gasteiger partial charge in [-0.25, -0.2) is 21.6 Å². The third kappa shape index (κ3) is 4.93. The van der Waals surface area contributed by atoms with Crippen LogP contribution in [0.5, 0.6) is 0 Å². The number of likely N-dealkylation sites (N-methyl/N-ethyl adjacent to an activating group) is 1. The summed E-state index contributed by atoms with van der Waals surface area (Å²) < 4.78 is 59.1. The van der Waals surface area contributed by atoms with Gasteiger partial charge in [0.15, 0.2) is 20.9 Å². The molecule has 0 saturated carbocycles. The van der Waals surface area contributed by atoms with E-state index < -0.39 is 54.1 Å². The molecule has 1 saturated heterocycles. The van der Waals surface area contributed by atoms with E-state index in [1.165, 1.54) is 22.5 Å². The number of fused-ring (bicyclic) bond motifs is 1. The van der Waals surface area contributed by atoms with Gasteiger partial charge in [0.25, 0.3) is 0 Å². The molecule has 200 valence electrons. The second kappa shape index (κ2) is 10.3. The number of halogens is 2. The highest BCUT2D eigenvalue weighted by Crippen LogP contribution is 2.37. The van der Waals surface area contributed by atoms with Crippen LogP contribution in [0.25, 0.3) is 0 Å². The molecule has 0 radical (unpaired) electrons. The van der Waals surface area contributed by atoms with Crippen molar-refractivity contribution in [3.05, 3.63) is 57.1 Å².